The molecule has 1 aromatic rings. The first kappa shape index (κ1) is 10.8. The van der Waals surface area contributed by atoms with Crippen molar-refractivity contribution in [3.8, 4) is 0 Å². The molecule has 0 aromatic carbocycles. The second-order valence-electron chi connectivity index (χ2n) is 2.64. The van der Waals surface area contributed by atoms with E-state index in [9.17, 15) is 13.2 Å². The fraction of sp³-hybridized carbons (Fsp3) is 0.429. The number of alkyl halides is 3. The van der Waals surface area contributed by atoms with E-state index in [1.54, 1.807) is 14.2 Å². The number of hydrogen-bond donors (Lipinski definition) is 1. The number of nitrogens with zero attached hydrogens (tertiary/aromatic N) is 2. The van der Waals surface area contributed by atoms with Gasteiger partial charge in [0.1, 0.15) is 0 Å². The smallest absolute Gasteiger partial charge is 0.382 e. The van der Waals surface area contributed by atoms with Crippen molar-refractivity contribution in [2.24, 2.45) is 0 Å². The van der Waals surface area contributed by atoms with Crippen LogP contribution < -0.4 is 11.3 Å². The van der Waals surface area contributed by atoms with Gasteiger partial charge >= 0.3 is 6.18 Å². The Kier molecular flexibility index (Phi) is 2.98. The van der Waals surface area contributed by atoms with E-state index in [-0.39, 0.29) is 5.59 Å². The highest BCUT2D eigenvalue weighted by Gasteiger charge is 2.35. The number of halogens is 3. The highest BCUT2D eigenvalue weighted by atomic mass is 19.4. The largest absolute Gasteiger partial charge is 0.437 e. The van der Waals surface area contributed by atoms with Gasteiger partial charge in [0.15, 0.2) is 18.8 Å². The topological polar surface area (TPSA) is 51.8 Å². The SMILES string of the molecule is CC[B]c1cnc(N)c(C(F)(F)F)n1. The van der Waals surface area contributed by atoms with Crippen molar-refractivity contribution >= 4 is 18.7 Å². The Morgan fingerprint density at radius 3 is 2.64 bits per heavy atom. The Morgan fingerprint density at radius 2 is 2.14 bits per heavy atom. The third-order valence-electron chi connectivity index (χ3n) is 1.50. The monoisotopic (exact) mass is 202 g/mol. The van der Waals surface area contributed by atoms with E-state index in [1.165, 1.54) is 6.20 Å². The number of anilines is 1. The van der Waals surface area contributed by atoms with Gasteiger partial charge in [-0.15, -0.1) is 0 Å². The van der Waals surface area contributed by atoms with E-state index in [1.807, 2.05) is 0 Å². The predicted octanol–water partition coefficient (Wildman–Crippen LogP) is 0.845. The maximum atomic E-state index is 12.3. The van der Waals surface area contributed by atoms with E-state index in [0.29, 0.717) is 6.32 Å². The second-order valence-corrected chi connectivity index (χ2v) is 2.64. The number of nitrogen functional groups attached to an aromatic ring is 1. The summed E-state index contributed by atoms with van der Waals surface area (Å²) in [6.45, 7) is 1.80. The highest BCUT2D eigenvalue weighted by molar-refractivity contribution is 6.52. The highest BCUT2D eigenvalue weighted by Crippen LogP contribution is 2.29. The lowest BCUT2D eigenvalue weighted by atomic mass is 9.72. The van der Waals surface area contributed by atoms with Gasteiger partial charge in [0, 0.05) is 11.8 Å². The zero-order chi connectivity index (χ0) is 10.8. The van der Waals surface area contributed by atoms with Crippen molar-refractivity contribution < 1.29 is 13.2 Å². The summed E-state index contributed by atoms with van der Waals surface area (Å²) in [4.78, 5) is 6.79. The van der Waals surface area contributed by atoms with E-state index < -0.39 is 17.7 Å². The van der Waals surface area contributed by atoms with Crippen molar-refractivity contribution in [2.45, 2.75) is 19.4 Å². The Balaban J connectivity index is 3.09. The van der Waals surface area contributed by atoms with E-state index >= 15 is 0 Å². The molecule has 0 saturated carbocycles. The molecule has 7 heteroatoms. The molecule has 0 amide bonds. The van der Waals surface area contributed by atoms with Crippen molar-refractivity contribution in [1.29, 1.82) is 0 Å². The van der Waals surface area contributed by atoms with Crippen LogP contribution >= 0.6 is 0 Å². The van der Waals surface area contributed by atoms with Crippen LogP contribution in [0.3, 0.4) is 0 Å². The molecule has 14 heavy (non-hydrogen) atoms. The molecule has 0 unspecified atom stereocenters. The average molecular weight is 202 g/mol. The van der Waals surface area contributed by atoms with Crippen LogP contribution in [0.2, 0.25) is 6.32 Å². The van der Waals surface area contributed by atoms with Gasteiger partial charge in [0.2, 0.25) is 0 Å². The van der Waals surface area contributed by atoms with Crippen LogP contribution in [-0.2, 0) is 6.18 Å². The number of rotatable bonds is 2. The van der Waals surface area contributed by atoms with Gasteiger partial charge < -0.3 is 5.73 Å². The van der Waals surface area contributed by atoms with Crippen molar-refractivity contribution in [1.82, 2.24) is 9.97 Å². The standard InChI is InChI=1S/C7H8BF3N3/c1-2-8-4-3-13-6(12)5(14-4)7(9,10)11/h3H,2H2,1H3,(H2,12,13). The molecular weight excluding hydrogens is 194 g/mol. The minimum Gasteiger partial charge on any atom is -0.382 e. The predicted molar refractivity (Wildman–Crippen MR) is 47.3 cm³/mol. The lowest BCUT2D eigenvalue weighted by Crippen LogP contribution is -2.25. The molecule has 75 valence electrons. The molecule has 0 spiro atoms. The summed E-state index contributed by atoms with van der Waals surface area (Å²) in [5.41, 5.74) is 4.13. The van der Waals surface area contributed by atoms with Crippen molar-refractivity contribution in [2.75, 3.05) is 5.73 Å². The summed E-state index contributed by atoms with van der Waals surface area (Å²) in [5.74, 6) is -0.592. The number of nitrogens with two attached hydrogens (primary N) is 1. The summed E-state index contributed by atoms with van der Waals surface area (Å²) in [6, 6.07) is 0. The Bertz CT molecular complexity index is 326. The molecule has 0 saturated heterocycles. The van der Waals surface area contributed by atoms with Crippen LogP contribution in [0.4, 0.5) is 19.0 Å². The molecule has 2 N–H and O–H groups in total. The molecule has 0 aliphatic carbocycles. The van der Waals surface area contributed by atoms with Gasteiger partial charge in [0.25, 0.3) is 0 Å². The van der Waals surface area contributed by atoms with E-state index in [4.69, 9.17) is 5.73 Å². The molecule has 0 fully saturated rings. The average Bonchev–Trinajstić information content (AvgIpc) is 2.07. The molecule has 1 rings (SSSR count). The van der Waals surface area contributed by atoms with Crippen LogP contribution in [0.15, 0.2) is 6.20 Å². The molecule has 0 aliphatic heterocycles. The lowest BCUT2D eigenvalue weighted by Gasteiger charge is -2.08. The zero-order valence-corrected chi connectivity index (χ0v) is 7.47. The molecule has 3 nitrogen and oxygen atoms in total. The first-order valence-corrected chi connectivity index (χ1v) is 3.98. The summed E-state index contributed by atoms with van der Waals surface area (Å²) < 4.78 is 36.8. The molecular formula is C7H8BF3N3. The summed E-state index contributed by atoms with van der Waals surface area (Å²) in [6.07, 6.45) is -2.74. The molecule has 0 aliphatic rings. The lowest BCUT2D eigenvalue weighted by molar-refractivity contribution is -0.140. The van der Waals surface area contributed by atoms with Crippen LogP contribution in [-0.4, -0.2) is 17.2 Å². The molecule has 0 bridgehead atoms. The Hall–Kier alpha value is -1.27. The van der Waals surface area contributed by atoms with E-state index in [2.05, 4.69) is 9.97 Å². The quantitative estimate of drug-likeness (QED) is 0.723. The minimum atomic E-state index is -4.55. The maximum absolute atomic E-state index is 12.3. The van der Waals surface area contributed by atoms with Gasteiger partial charge in [0.05, 0.1) is 0 Å². The Labute approximate surface area is 79.8 Å². The van der Waals surface area contributed by atoms with Crippen LogP contribution in [0.25, 0.3) is 0 Å². The third kappa shape index (κ3) is 2.37. The van der Waals surface area contributed by atoms with Gasteiger partial charge in [-0.3, -0.25) is 4.98 Å². The van der Waals surface area contributed by atoms with Gasteiger partial charge in [-0.05, 0) is 0 Å². The van der Waals surface area contributed by atoms with Gasteiger partial charge in [-0.2, -0.15) is 13.2 Å². The Morgan fingerprint density at radius 1 is 1.50 bits per heavy atom. The van der Waals surface area contributed by atoms with Crippen LogP contribution in [0, 0.1) is 0 Å². The van der Waals surface area contributed by atoms with Gasteiger partial charge in [-0.25, -0.2) is 4.98 Å². The number of hydrogen-bond acceptors (Lipinski definition) is 3. The summed E-state index contributed by atoms with van der Waals surface area (Å²) >= 11 is 0. The summed E-state index contributed by atoms with van der Waals surface area (Å²) in [7, 11) is 1.54. The molecule has 1 aromatic heterocycles. The second kappa shape index (κ2) is 3.85. The van der Waals surface area contributed by atoms with Gasteiger partial charge in [-0.1, -0.05) is 13.2 Å². The van der Waals surface area contributed by atoms with Crippen LogP contribution in [0.5, 0.6) is 0 Å². The van der Waals surface area contributed by atoms with Crippen molar-refractivity contribution in [3.63, 3.8) is 0 Å². The van der Waals surface area contributed by atoms with Crippen molar-refractivity contribution in [3.05, 3.63) is 11.9 Å². The fourth-order valence-corrected chi connectivity index (χ4v) is 0.928. The first-order valence-electron chi connectivity index (χ1n) is 3.98. The first-order chi connectivity index (χ1) is 6.45. The summed E-state index contributed by atoms with van der Waals surface area (Å²) in [5, 5.41) is 0. The fourth-order valence-electron chi connectivity index (χ4n) is 0.928. The molecule has 1 heterocycles. The van der Waals surface area contributed by atoms with E-state index in [0.717, 1.165) is 0 Å². The minimum absolute atomic E-state index is 0.189. The molecule has 0 atom stereocenters. The molecule has 1 radical (unpaired) electrons. The van der Waals surface area contributed by atoms with Crippen LogP contribution in [0.1, 0.15) is 12.6 Å². The zero-order valence-electron chi connectivity index (χ0n) is 7.47. The number of aromatic nitrogens is 2. The normalized spacial score (nSPS) is 11.4. The third-order valence-corrected chi connectivity index (χ3v) is 1.50. The maximum Gasteiger partial charge on any atom is 0.437 e.